The SMILES string of the molecule is Cc1cc(N2CC[C@@H](O)C2)c2ccc(OCc3ccccc3)cc2n1. The molecule has 1 aliphatic rings. The first kappa shape index (κ1) is 15.9. The smallest absolute Gasteiger partial charge is 0.122 e. The molecule has 0 unspecified atom stereocenters. The highest BCUT2D eigenvalue weighted by Gasteiger charge is 2.22. The quantitative estimate of drug-likeness (QED) is 0.790. The monoisotopic (exact) mass is 334 g/mol. The Kier molecular flexibility index (Phi) is 4.28. The van der Waals surface area contributed by atoms with Crippen LogP contribution in [0.4, 0.5) is 5.69 Å². The maximum absolute atomic E-state index is 9.85. The van der Waals surface area contributed by atoms with E-state index >= 15 is 0 Å². The zero-order valence-corrected chi connectivity index (χ0v) is 14.4. The van der Waals surface area contributed by atoms with Crippen molar-refractivity contribution in [1.82, 2.24) is 4.98 Å². The van der Waals surface area contributed by atoms with Gasteiger partial charge in [-0.1, -0.05) is 30.3 Å². The Bertz CT molecular complexity index is 880. The second kappa shape index (κ2) is 6.73. The minimum atomic E-state index is -0.239. The summed E-state index contributed by atoms with van der Waals surface area (Å²) in [5.74, 6) is 0.821. The number of pyridine rings is 1. The molecule has 2 heterocycles. The zero-order valence-electron chi connectivity index (χ0n) is 14.4. The fourth-order valence-corrected chi connectivity index (χ4v) is 3.37. The average molecular weight is 334 g/mol. The van der Waals surface area contributed by atoms with Crippen LogP contribution in [0.25, 0.3) is 10.9 Å². The van der Waals surface area contributed by atoms with Gasteiger partial charge >= 0.3 is 0 Å². The number of β-amino-alcohol motifs (C(OH)–C–C–N with tert-alkyl or cyclic N) is 1. The Morgan fingerprint density at radius 3 is 2.76 bits per heavy atom. The van der Waals surface area contributed by atoms with Crippen LogP contribution in [0.1, 0.15) is 17.7 Å². The van der Waals surface area contributed by atoms with Gasteiger partial charge in [-0.2, -0.15) is 0 Å². The number of benzene rings is 2. The number of ether oxygens (including phenoxy) is 1. The van der Waals surface area contributed by atoms with E-state index in [9.17, 15) is 5.11 Å². The lowest BCUT2D eigenvalue weighted by atomic mass is 10.1. The van der Waals surface area contributed by atoms with Crippen molar-refractivity contribution in [3.63, 3.8) is 0 Å². The van der Waals surface area contributed by atoms with Crippen LogP contribution in [0.15, 0.2) is 54.6 Å². The van der Waals surface area contributed by atoms with Crippen LogP contribution < -0.4 is 9.64 Å². The molecule has 128 valence electrons. The number of hydrogen-bond donors (Lipinski definition) is 1. The van der Waals surface area contributed by atoms with Crippen molar-refractivity contribution >= 4 is 16.6 Å². The number of rotatable bonds is 4. The van der Waals surface area contributed by atoms with E-state index in [1.807, 2.05) is 37.3 Å². The van der Waals surface area contributed by atoms with Gasteiger partial charge in [-0.15, -0.1) is 0 Å². The Morgan fingerprint density at radius 1 is 1.16 bits per heavy atom. The van der Waals surface area contributed by atoms with E-state index in [1.165, 1.54) is 0 Å². The average Bonchev–Trinajstić information content (AvgIpc) is 3.06. The van der Waals surface area contributed by atoms with Gasteiger partial charge in [0.15, 0.2) is 0 Å². The van der Waals surface area contributed by atoms with Gasteiger partial charge in [0.05, 0.1) is 11.6 Å². The van der Waals surface area contributed by atoms with E-state index in [0.29, 0.717) is 13.2 Å². The Hall–Kier alpha value is -2.59. The van der Waals surface area contributed by atoms with Crippen molar-refractivity contribution in [3.05, 3.63) is 65.9 Å². The largest absolute Gasteiger partial charge is 0.489 e. The molecule has 3 aromatic rings. The summed E-state index contributed by atoms with van der Waals surface area (Å²) in [4.78, 5) is 6.92. The van der Waals surface area contributed by atoms with E-state index < -0.39 is 0 Å². The van der Waals surface area contributed by atoms with Crippen LogP contribution in [-0.2, 0) is 6.61 Å². The molecule has 0 saturated carbocycles. The van der Waals surface area contributed by atoms with Crippen LogP contribution in [0.2, 0.25) is 0 Å². The molecule has 0 amide bonds. The van der Waals surface area contributed by atoms with Crippen molar-refractivity contribution in [2.24, 2.45) is 0 Å². The molecule has 0 bridgehead atoms. The maximum Gasteiger partial charge on any atom is 0.122 e. The summed E-state index contributed by atoms with van der Waals surface area (Å²) >= 11 is 0. The third-order valence-corrected chi connectivity index (χ3v) is 4.64. The summed E-state index contributed by atoms with van der Waals surface area (Å²) in [7, 11) is 0. The minimum absolute atomic E-state index is 0.239. The minimum Gasteiger partial charge on any atom is -0.489 e. The number of nitrogens with zero attached hydrogens (tertiary/aromatic N) is 2. The van der Waals surface area contributed by atoms with Crippen LogP contribution >= 0.6 is 0 Å². The Labute approximate surface area is 147 Å². The molecular weight excluding hydrogens is 312 g/mol. The molecule has 0 aliphatic carbocycles. The molecule has 25 heavy (non-hydrogen) atoms. The number of aliphatic hydroxyl groups excluding tert-OH is 1. The Morgan fingerprint density at radius 2 is 2.00 bits per heavy atom. The highest BCUT2D eigenvalue weighted by molar-refractivity contribution is 5.93. The van der Waals surface area contributed by atoms with E-state index in [1.54, 1.807) is 0 Å². The molecule has 1 atom stereocenters. The van der Waals surface area contributed by atoms with Crippen LogP contribution in [0, 0.1) is 6.92 Å². The van der Waals surface area contributed by atoms with Gasteiger partial charge in [-0.3, -0.25) is 4.98 Å². The highest BCUT2D eigenvalue weighted by atomic mass is 16.5. The van der Waals surface area contributed by atoms with E-state index in [4.69, 9.17) is 4.74 Å². The van der Waals surface area contributed by atoms with Crippen molar-refractivity contribution in [2.75, 3.05) is 18.0 Å². The third kappa shape index (κ3) is 3.44. The van der Waals surface area contributed by atoms with Crippen LogP contribution in [0.5, 0.6) is 5.75 Å². The standard InChI is InChI=1S/C21H22N2O2/c1-15-11-21(23-10-9-17(24)13-23)19-8-7-18(12-20(19)22-15)25-14-16-5-3-2-4-6-16/h2-8,11-12,17,24H,9-10,13-14H2,1H3/t17-/m1/s1. The molecule has 1 aliphatic heterocycles. The summed E-state index contributed by atoms with van der Waals surface area (Å²) in [5, 5.41) is 11.0. The van der Waals surface area contributed by atoms with Crippen LogP contribution in [-0.4, -0.2) is 29.3 Å². The Balaban J connectivity index is 1.62. The first-order chi connectivity index (χ1) is 12.2. The van der Waals surface area contributed by atoms with E-state index in [2.05, 4.69) is 34.1 Å². The fraction of sp³-hybridized carbons (Fsp3) is 0.286. The lowest BCUT2D eigenvalue weighted by Crippen LogP contribution is -2.21. The van der Waals surface area contributed by atoms with Gasteiger partial charge in [0.1, 0.15) is 12.4 Å². The normalized spacial score (nSPS) is 17.2. The molecule has 1 saturated heterocycles. The van der Waals surface area contributed by atoms with Gasteiger partial charge in [0.2, 0.25) is 0 Å². The third-order valence-electron chi connectivity index (χ3n) is 4.64. The van der Waals surface area contributed by atoms with E-state index in [-0.39, 0.29) is 6.10 Å². The second-order valence-electron chi connectivity index (χ2n) is 6.62. The first-order valence-corrected chi connectivity index (χ1v) is 8.70. The molecule has 1 fully saturated rings. The summed E-state index contributed by atoms with van der Waals surface area (Å²) in [6.07, 6.45) is 0.582. The molecule has 0 radical (unpaired) electrons. The van der Waals surface area contributed by atoms with Crippen molar-refractivity contribution in [2.45, 2.75) is 26.1 Å². The summed E-state index contributed by atoms with van der Waals surface area (Å²) in [6.45, 7) is 4.12. The topological polar surface area (TPSA) is 45.6 Å². The molecule has 4 rings (SSSR count). The van der Waals surface area contributed by atoms with Crippen molar-refractivity contribution in [1.29, 1.82) is 0 Å². The van der Waals surface area contributed by atoms with Crippen LogP contribution in [0.3, 0.4) is 0 Å². The van der Waals surface area contributed by atoms with Gasteiger partial charge < -0.3 is 14.7 Å². The van der Waals surface area contributed by atoms with E-state index in [0.717, 1.165) is 46.6 Å². The zero-order chi connectivity index (χ0) is 17.2. The van der Waals surface area contributed by atoms with Gasteiger partial charge in [0, 0.05) is 35.9 Å². The van der Waals surface area contributed by atoms with Gasteiger partial charge in [-0.25, -0.2) is 0 Å². The molecule has 0 spiro atoms. The first-order valence-electron chi connectivity index (χ1n) is 8.70. The molecule has 2 aromatic carbocycles. The second-order valence-corrected chi connectivity index (χ2v) is 6.62. The number of fused-ring (bicyclic) bond motifs is 1. The van der Waals surface area contributed by atoms with Gasteiger partial charge in [-0.05, 0) is 37.1 Å². The number of hydrogen-bond acceptors (Lipinski definition) is 4. The molecule has 4 heteroatoms. The highest BCUT2D eigenvalue weighted by Crippen LogP contribution is 2.31. The lowest BCUT2D eigenvalue weighted by molar-refractivity contribution is 0.198. The van der Waals surface area contributed by atoms with Crippen molar-refractivity contribution in [3.8, 4) is 5.75 Å². The number of anilines is 1. The fourth-order valence-electron chi connectivity index (χ4n) is 3.37. The molecule has 4 nitrogen and oxygen atoms in total. The predicted octanol–water partition coefficient (Wildman–Crippen LogP) is 3.69. The molecule has 1 N–H and O–H groups in total. The number of aryl methyl sites for hydroxylation is 1. The molecular formula is C21H22N2O2. The number of aliphatic hydroxyl groups is 1. The summed E-state index contributed by atoms with van der Waals surface area (Å²) < 4.78 is 5.93. The predicted molar refractivity (Wildman–Crippen MR) is 100 cm³/mol. The lowest BCUT2D eigenvalue weighted by Gasteiger charge is -2.20. The summed E-state index contributed by atoms with van der Waals surface area (Å²) in [6, 6.07) is 18.3. The van der Waals surface area contributed by atoms with Crippen molar-refractivity contribution < 1.29 is 9.84 Å². The molecule has 1 aromatic heterocycles. The maximum atomic E-state index is 9.85. The van der Waals surface area contributed by atoms with Gasteiger partial charge in [0.25, 0.3) is 0 Å². The summed E-state index contributed by atoms with van der Waals surface area (Å²) in [5.41, 5.74) is 4.20. The number of aromatic nitrogens is 1.